The van der Waals surface area contributed by atoms with Crippen LogP contribution in [0.15, 0.2) is 12.1 Å². The maximum absolute atomic E-state index is 8.53. The highest BCUT2D eigenvalue weighted by molar-refractivity contribution is 5.69. The van der Waals surface area contributed by atoms with Crippen molar-refractivity contribution in [3.8, 4) is 6.07 Å². The van der Waals surface area contributed by atoms with Crippen molar-refractivity contribution in [2.45, 2.75) is 6.92 Å². The minimum absolute atomic E-state index is 0.474. The Kier molecular flexibility index (Phi) is 1.69. The van der Waals surface area contributed by atoms with Crippen LogP contribution in [0.4, 0.5) is 11.4 Å². The van der Waals surface area contributed by atoms with Crippen molar-refractivity contribution in [3.05, 3.63) is 23.3 Å². The zero-order valence-electron chi connectivity index (χ0n) is 6.26. The lowest BCUT2D eigenvalue weighted by molar-refractivity contribution is 1.42. The molecule has 0 atom stereocenters. The lowest BCUT2D eigenvalue weighted by Crippen LogP contribution is -1.97. The highest BCUT2D eigenvalue weighted by Crippen LogP contribution is 2.20. The number of anilines is 2. The monoisotopic (exact) mass is 147 g/mol. The lowest BCUT2D eigenvalue weighted by atomic mass is 10.1. The van der Waals surface area contributed by atoms with Gasteiger partial charge in [0, 0.05) is 0 Å². The number of nitrogens with two attached hydrogens (primary N) is 2. The van der Waals surface area contributed by atoms with Crippen LogP contribution in [0.1, 0.15) is 11.1 Å². The summed E-state index contributed by atoms with van der Waals surface area (Å²) in [4.78, 5) is 0. The van der Waals surface area contributed by atoms with Gasteiger partial charge >= 0.3 is 0 Å². The standard InChI is InChI=1S/C8H9N3/c1-5-2-6(4-9)3-7(10)8(5)11/h2-3H,10-11H2,1H3. The Morgan fingerprint density at radius 3 is 2.45 bits per heavy atom. The summed E-state index contributed by atoms with van der Waals surface area (Å²) < 4.78 is 0. The normalized spacial score (nSPS) is 9.09. The number of hydrogen-bond acceptors (Lipinski definition) is 3. The molecule has 0 spiro atoms. The van der Waals surface area contributed by atoms with E-state index in [0.717, 1.165) is 5.56 Å². The molecule has 0 aliphatic carbocycles. The largest absolute Gasteiger partial charge is 0.397 e. The molecular formula is C8H9N3. The van der Waals surface area contributed by atoms with Gasteiger partial charge in [-0.25, -0.2) is 0 Å². The summed E-state index contributed by atoms with van der Waals surface area (Å²) in [5.41, 5.74) is 13.5. The zero-order chi connectivity index (χ0) is 8.43. The second-order valence-corrected chi connectivity index (χ2v) is 2.41. The van der Waals surface area contributed by atoms with Crippen LogP contribution < -0.4 is 11.5 Å². The van der Waals surface area contributed by atoms with Crippen molar-refractivity contribution in [3.63, 3.8) is 0 Å². The third-order valence-corrected chi connectivity index (χ3v) is 1.55. The average Bonchev–Trinajstić information content (AvgIpc) is 1.99. The SMILES string of the molecule is Cc1cc(C#N)cc(N)c1N. The topological polar surface area (TPSA) is 75.8 Å². The molecule has 0 saturated carbocycles. The molecule has 11 heavy (non-hydrogen) atoms. The highest BCUT2D eigenvalue weighted by Gasteiger charge is 2.00. The van der Waals surface area contributed by atoms with Crippen molar-refractivity contribution in [2.24, 2.45) is 0 Å². The molecule has 3 nitrogen and oxygen atoms in total. The Hall–Kier alpha value is -1.69. The van der Waals surface area contributed by atoms with Gasteiger partial charge in [0.25, 0.3) is 0 Å². The second-order valence-electron chi connectivity index (χ2n) is 2.41. The molecule has 0 aliphatic rings. The van der Waals surface area contributed by atoms with Gasteiger partial charge < -0.3 is 11.5 Å². The maximum atomic E-state index is 8.53. The highest BCUT2D eigenvalue weighted by atomic mass is 14.7. The number of hydrogen-bond donors (Lipinski definition) is 2. The van der Waals surface area contributed by atoms with Gasteiger partial charge in [0.2, 0.25) is 0 Å². The fourth-order valence-electron chi connectivity index (χ4n) is 0.890. The van der Waals surface area contributed by atoms with Crippen LogP contribution in [0.3, 0.4) is 0 Å². The Morgan fingerprint density at radius 2 is 2.00 bits per heavy atom. The summed E-state index contributed by atoms with van der Waals surface area (Å²) >= 11 is 0. The zero-order valence-corrected chi connectivity index (χ0v) is 6.26. The maximum Gasteiger partial charge on any atom is 0.0992 e. The van der Waals surface area contributed by atoms with E-state index in [2.05, 4.69) is 0 Å². The predicted octanol–water partition coefficient (Wildman–Crippen LogP) is 1.03. The Morgan fingerprint density at radius 1 is 1.36 bits per heavy atom. The van der Waals surface area contributed by atoms with Crippen LogP contribution in [0.25, 0.3) is 0 Å². The smallest absolute Gasteiger partial charge is 0.0992 e. The Labute approximate surface area is 65.2 Å². The van der Waals surface area contributed by atoms with E-state index in [1.807, 2.05) is 13.0 Å². The molecule has 0 saturated heterocycles. The van der Waals surface area contributed by atoms with Gasteiger partial charge in [0.05, 0.1) is 23.0 Å². The van der Waals surface area contributed by atoms with E-state index in [1.54, 1.807) is 12.1 Å². The number of nitriles is 1. The Balaban J connectivity index is 3.35. The summed E-state index contributed by atoms with van der Waals surface area (Å²) in [7, 11) is 0. The van der Waals surface area contributed by atoms with Gasteiger partial charge in [-0.15, -0.1) is 0 Å². The predicted molar refractivity (Wildman–Crippen MR) is 44.7 cm³/mol. The second kappa shape index (κ2) is 2.51. The third kappa shape index (κ3) is 1.24. The minimum atomic E-state index is 0.474. The van der Waals surface area contributed by atoms with Crippen LogP contribution in [0.5, 0.6) is 0 Å². The van der Waals surface area contributed by atoms with E-state index < -0.39 is 0 Å². The first kappa shape index (κ1) is 7.42. The molecule has 1 rings (SSSR count). The first-order valence-electron chi connectivity index (χ1n) is 3.21. The molecular weight excluding hydrogens is 138 g/mol. The first-order valence-corrected chi connectivity index (χ1v) is 3.21. The van der Waals surface area contributed by atoms with Gasteiger partial charge in [-0.1, -0.05) is 0 Å². The van der Waals surface area contributed by atoms with Crippen molar-refractivity contribution in [2.75, 3.05) is 11.5 Å². The van der Waals surface area contributed by atoms with Gasteiger partial charge in [-0.2, -0.15) is 5.26 Å². The lowest BCUT2D eigenvalue weighted by Gasteiger charge is -2.03. The van der Waals surface area contributed by atoms with Gasteiger partial charge in [-0.3, -0.25) is 0 Å². The number of nitrogen functional groups attached to an aromatic ring is 2. The number of aryl methyl sites for hydroxylation is 1. The van der Waals surface area contributed by atoms with E-state index in [0.29, 0.717) is 16.9 Å². The van der Waals surface area contributed by atoms with Crippen molar-refractivity contribution in [1.82, 2.24) is 0 Å². The molecule has 0 amide bonds. The van der Waals surface area contributed by atoms with Gasteiger partial charge in [0.1, 0.15) is 0 Å². The van der Waals surface area contributed by atoms with Crippen molar-refractivity contribution >= 4 is 11.4 Å². The number of rotatable bonds is 0. The average molecular weight is 147 g/mol. The minimum Gasteiger partial charge on any atom is -0.397 e. The first-order chi connectivity index (χ1) is 5.15. The van der Waals surface area contributed by atoms with E-state index in [9.17, 15) is 0 Å². The third-order valence-electron chi connectivity index (χ3n) is 1.55. The molecule has 0 aromatic heterocycles. The molecule has 1 aromatic rings. The van der Waals surface area contributed by atoms with Crippen LogP contribution >= 0.6 is 0 Å². The summed E-state index contributed by atoms with van der Waals surface area (Å²) in [6.07, 6.45) is 0. The Bertz CT molecular complexity index is 300. The van der Waals surface area contributed by atoms with Crippen molar-refractivity contribution in [1.29, 1.82) is 5.26 Å². The fourth-order valence-corrected chi connectivity index (χ4v) is 0.890. The van der Waals surface area contributed by atoms with Gasteiger partial charge in [-0.05, 0) is 24.6 Å². The van der Waals surface area contributed by atoms with Crippen molar-refractivity contribution < 1.29 is 0 Å². The van der Waals surface area contributed by atoms with E-state index in [4.69, 9.17) is 16.7 Å². The van der Waals surface area contributed by atoms with Crippen LogP contribution in [-0.4, -0.2) is 0 Å². The number of benzene rings is 1. The van der Waals surface area contributed by atoms with E-state index in [1.165, 1.54) is 0 Å². The molecule has 0 bridgehead atoms. The molecule has 1 aromatic carbocycles. The van der Waals surface area contributed by atoms with E-state index >= 15 is 0 Å². The molecule has 0 unspecified atom stereocenters. The number of nitrogens with zero attached hydrogens (tertiary/aromatic N) is 1. The molecule has 56 valence electrons. The van der Waals surface area contributed by atoms with Crippen LogP contribution in [0.2, 0.25) is 0 Å². The van der Waals surface area contributed by atoms with Gasteiger partial charge in [0.15, 0.2) is 0 Å². The molecule has 0 heterocycles. The fraction of sp³-hybridized carbons (Fsp3) is 0.125. The summed E-state index contributed by atoms with van der Waals surface area (Å²) in [6, 6.07) is 5.29. The summed E-state index contributed by atoms with van der Waals surface area (Å²) in [6.45, 7) is 1.83. The molecule has 0 radical (unpaired) electrons. The molecule has 4 N–H and O–H groups in total. The molecule has 3 heteroatoms. The van der Waals surface area contributed by atoms with Crippen LogP contribution in [0, 0.1) is 18.3 Å². The molecule has 0 aliphatic heterocycles. The van der Waals surface area contributed by atoms with Crippen LogP contribution in [-0.2, 0) is 0 Å². The molecule has 0 fully saturated rings. The summed E-state index contributed by atoms with van der Waals surface area (Å²) in [5.74, 6) is 0. The van der Waals surface area contributed by atoms with E-state index in [-0.39, 0.29) is 0 Å². The summed E-state index contributed by atoms with van der Waals surface area (Å²) in [5, 5.41) is 8.53. The quantitative estimate of drug-likeness (QED) is 0.538.